The molecule has 4 rings (SSSR count). The normalized spacial score (nSPS) is 10.5. The summed E-state index contributed by atoms with van der Waals surface area (Å²) in [6.45, 7) is -1.02. The molecule has 0 saturated heterocycles. The number of benzene rings is 3. The lowest BCUT2D eigenvalue weighted by Crippen LogP contribution is -2.27. The number of rotatable bonds is 7. The summed E-state index contributed by atoms with van der Waals surface area (Å²) in [6, 6.07) is 19.7. The second kappa shape index (κ2) is 10.5. The van der Waals surface area contributed by atoms with Crippen LogP contribution in [0.25, 0.3) is 11.1 Å². The number of hydrogen-bond donors (Lipinski definition) is 1. The van der Waals surface area contributed by atoms with Gasteiger partial charge >= 0.3 is 0 Å². The maximum absolute atomic E-state index is 15.2. The number of anilines is 4. The van der Waals surface area contributed by atoms with Crippen LogP contribution in [0.4, 0.5) is 40.7 Å². The van der Waals surface area contributed by atoms with Crippen LogP contribution < -0.4 is 10.2 Å². The van der Waals surface area contributed by atoms with Gasteiger partial charge in [0.2, 0.25) is 5.95 Å². The van der Waals surface area contributed by atoms with Gasteiger partial charge in [-0.25, -0.2) is 22.5 Å². The Kier molecular flexibility index (Phi) is 7.07. The van der Waals surface area contributed by atoms with Gasteiger partial charge < -0.3 is 10.2 Å². The summed E-state index contributed by atoms with van der Waals surface area (Å²) in [7, 11) is 0. The fraction of sp³-hybridized carbons (Fsp3) is 0.0769. The number of hydrogen-bond acceptors (Lipinski definition) is 6. The summed E-state index contributed by atoms with van der Waals surface area (Å²) in [5, 5.41) is 20.7. The van der Waals surface area contributed by atoms with E-state index in [0.29, 0.717) is 22.4 Å². The first-order chi connectivity index (χ1) is 17.4. The number of alkyl halides is 2. The zero-order chi connectivity index (χ0) is 25.7. The smallest absolute Gasteiger partial charge is 0.256 e. The highest BCUT2D eigenvalue weighted by molar-refractivity contribution is 5.71. The lowest BCUT2D eigenvalue weighted by molar-refractivity contribution is 0.157. The monoisotopic (exact) mass is 488 g/mol. The highest BCUT2D eigenvalue weighted by Gasteiger charge is 2.24. The molecule has 10 heteroatoms. The van der Waals surface area contributed by atoms with Gasteiger partial charge in [-0.2, -0.15) is 15.5 Å². The molecule has 0 aliphatic heterocycles. The van der Waals surface area contributed by atoms with E-state index in [4.69, 9.17) is 10.5 Å². The maximum atomic E-state index is 15.2. The number of nitriles is 2. The molecular weight excluding hydrogens is 472 g/mol. The van der Waals surface area contributed by atoms with Gasteiger partial charge in [-0.05, 0) is 65.7 Å². The van der Waals surface area contributed by atoms with Gasteiger partial charge in [-0.15, -0.1) is 0 Å². The zero-order valence-electron chi connectivity index (χ0n) is 18.5. The Morgan fingerprint density at radius 2 is 1.42 bits per heavy atom. The van der Waals surface area contributed by atoms with E-state index in [1.165, 1.54) is 36.5 Å². The second-order valence-electron chi connectivity index (χ2n) is 7.53. The van der Waals surface area contributed by atoms with Gasteiger partial charge in [-0.1, -0.05) is 12.1 Å². The molecule has 1 N–H and O–H groups in total. The van der Waals surface area contributed by atoms with Crippen molar-refractivity contribution >= 4 is 23.1 Å². The van der Waals surface area contributed by atoms with Crippen molar-refractivity contribution < 1.29 is 17.6 Å². The van der Waals surface area contributed by atoms with Gasteiger partial charge in [0.05, 0.1) is 29.8 Å². The first kappa shape index (κ1) is 24.2. The van der Waals surface area contributed by atoms with E-state index < -0.39 is 30.3 Å². The molecule has 0 amide bonds. The molecule has 0 aliphatic rings. The average Bonchev–Trinajstić information content (AvgIpc) is 2.88. The topological polar surface area (TPSA) is 88.6 Å². The van der Waals surface area contributed by atoms with Crippen LogP contribution in [0.3, 0.4) is 0 Å². The van der Waals surface area contributed by atoms with E-state index >= 15 is 8.78 Å². The van der Waals surface area contributed by atoms with Crippen LogP contribution >= 0.6 is 0 Å². The van der Waals surface area contributed by atoms with Crippen LogP contribution in [0, 0.1) is 34.3 Å². The minimum atomic E-state index is -2.92. The summed E-state index contributed by atoms with van der Waals surface area (Å²) in [5.74, 6) is -2.26. The molecule has 1 aromatic heterocycles. The van der Waals surface area contributed by atoms with E-state index in [1.54, 1.807) is 24.3 Å². The highest BCUT2D eigenvalue weighted by Crippen LogP contribution is 2.34. The maximum Gasteiger partial charge on any atom is 0.256 e. The van der Waals surface area contributed by atoms with Gasteiger partial charge in [0.25, 0.3) is 6.43 Å². The van der Waals surface area contributed by atoms with Crippen LogP contribution in [0.1, 0.15) is 11.1 Å². The minimum Gasteiger partial charge on any atom is -0.324 e. The fourth-order valence-corrected chi connectivity index (χ4v) is 3.48. The second-order valence-corrected chi connectivity index (χ2v) is 7.53. The number of halogens is 4. The summed E-state index contributed by atoms with van der Waals surface area (Å²) < 4.78 is 57.3. The van der Waals surface area contributed by atoms with Crippen molar-refractivity contribution in [2.75, 3.05) is 16.8 Å². The molecule has 0 radical (unpaired) electrons. The molecule has 3 aromatic carbocycles. The van der Waals surface area contributed by atoms with Gasteiger partial charge in [0, 0.05) is 11.9 Å². The van der Waals surface area contributed by atoms with Gasteiger partial charge in [0.1, 0.15) is 11.5 Å². The first-order valence-electron chi connectivity index (χ1n) is 10.5. The molecular formula is C26H16F4N6. The quantitative estimate of drug-likeness (QED) is 0.307. The predicted octanol–water partition coefficient (Wildman–Crippen LogP) is 6.31. The first-order valence-corrected chi connectivity index (χ1v) is 10.5. The van der Waals surface area contributed by atoms with E-state index in [2.05, 4.69) is 15.3 Å². The minimum absolute atomic E-state index is 0.00601. The SMILES string of the molecule is N#Cc1ccc(Nc2nccc(N(CC(F)F)c3c(F)cc(-c4ccc(C#N)cc4)cc3F)n2)cc1. The third-order valence-electron chi connectivity index (χ3n) is 5.14. The van der Waals surface area contributed by atoms with Crippen molar-refractivity contribution in [3.63, 3.8) is 0 Å². The zero-order valence-corrected chi connectivity index (χ0v) is 18.5. The summed E-state index contributed by atoms with van der Waals surface area (Å²) >= 11 is 0. The molecule has 4 aromatic rings. The van der Waals surface area contributed by atoms with Crippen molar-refractivity contribution in [2.45, 2.75) is 6.43 Å². The van der Waals surface area contributed by atoms with Gasteiger partial charge in [0.15, 0.2) is 11.6 Å². The Morgan fingerprint density at radius 1 is 0.833 bits per heavy atom. The molecule has 1 heterocycles. The lowest BCUT2D eigenvalue weighted by Gasteiger charge is -2.25. The Balaban J connectivity index is 1.69. The van der Waals surface area contributed by atoms with E-state index in [1.807, 2.05) is 12.1 Å². The molecule has 0 atom stereocenters. The van der Waals surface area contributed by atoms with Crippen molar-refractivity contribution in [3.05, 3.63) is 95.7 Å². The molecule has 0 saturated carbocycles. The van der Waals surface area contributed by atoms with Gasteiger partial charge in [-0.3, -0.25) is 0 Å². The summed E-state index contributed by atoms with van der Waals surface area (Å²) in [5.41, 5.74) is 1.30. The molecule has 178 valence electrons. The molecule has 36 heavy (non-hydrogen) atoms. The van der Waals surface area contributed by atoms with Crippen LogP contribution in [-0.2, 0) is 0 Å². The van der Waals surface area contributed by atoms with E-state index in [0.717, 1.165) is 17.0 Å². The van der Waals surface area contributed by atoms with E-state index in [9.17, 15) is 8.78 Å². The molecule has 0 aliphatic carbocycles. The molecule has 0 fully saturated rings. The predicted molar refractivity (Wildman–Crippen MR) is 126 cm³/mol. The Labute approximate surface area is 203 Å². The molecule has 0 unspecified atom stereocenters. The van der Waals surface area contributed by atoms with Crippen molar-refractivity contribution in [1.82, 2.24) is 9.97 Å². The number of nitrogens with one attached hydrogen (secondary N) is 1. The third-order valence-corrected chi connectivity index (χ3v) is 5.14. The molecule has 0 bridgehead atoms. The van der Waals surface area contributed by atoms with E-state index in [-0.39, 0.29) is 17.3 Å². The van der Waals surface area contributed by atoms with Crippen LogP contribution in [0.5, 0.6) is 0 Å². The molecule has 6 nitrogen and oxygen atoms in total. The summed E-state index contributed by atoms with van der Waals surface area (Å²) in [6.07, 6.45) is -1.65. The molecule has 0 spiro atoms. The Hall–Kier alpha value is -4.96. The number of nitrogens with zero attached hydrogens (tertiary/aromatic N) is 5. The van der Waals surface area contributed by atoms with Crippen molar-refractivity contribution in [3.8, 4) is 23.3 Å². The Bertz CT molecular complexity index is 1430. The van der Waals surface area contributed by atoms with Crippen LogP contribution in [-0.4, -0.2) is 22.9 Å². The standard InChI is InChI=1S/C26H16F4N6/c27-21-11-19(18-5-1-16(13-31)2-6-18)12-22(28)25(21)36(15-23(29)30)24-9-10-33-26(35-24)34-20-7-3-17(14-32)4-8-20/h1-12,23H,15H2,(H,33,34,35). The Morgan fingerprint density at radius 3 is 1.97 bits per heavy atom. The van der Waals surface area contributed by atoms with Crippen molar-refractivity contribution in [2.24, 2.45) is 0 Å². The fourth-order valence-electron chi connectivity index (χ4n) is 3.48. The lowest BCUT2D eigenvalue weighted by atomic mass is 10.0. The average molecular weight is 488 g/mol. The summed E-state index contributed by atoms with van der Waals surface area (Å²) in [4.78, 5) is 8.95. The van der Waals surface area contributed by atoms with Crippen molar-refractivity contribution in [1.29, 1.82) is 10.5 Å². The van der Waals surface area contributed by atoms with Crippen LogP contribution in [0.2, 0.25) is 0 Å². The highest BCUT2D eigenvalue weighted by atomic mass is 19.3. The largest absolute Gasteiger partial charge is 0.324 e. The number of aromatic nitrogens is 2. The van der Waals surface area contributed by atoms with Crippen LogP contribution in [0.15, 0.2) is 72.9 Å². The third kappa shape index (κ3) is 5.40.